The van der Waals surface area contributed by atoms with Gasteiger partial charge in [-0.25, -0.2) is 9.97 Å². The second-order valence-electron chi connectivity index (χ2n) is 4.52. The molecule has 2 nitrogen and oxygen atoms in total. The Morgan fingerprint density at radius 1 is 0.850 bits per heavy atom. The maximum absolute atomic E-state index is 6.03. The second kappa shape index (κ2) is 4.54. The lowest BCUT2D eigenvalue weighted by atomic mass is 10.2. The molecule has 0 amide bonds. The van der Waals surface area contributed by atoms with Gasteiger partial charge in [0.15, 0.2) is 0 Å². The molecule has 2 aromatic heterocycles. The molecule has 96 valence electrons. The second-order valence-corrected chi connectivity index (χ2v) is 5.99. The molecule has 0 aliphatic heterocycles. The third-order valence-corrected chi connectivity index (χ3v) is 4.46. The maximum Gasteiger partial charge on any atom is 0.143 e. The van der Waals surface area contributed by atoms with Gasteiger partial charge in [-0.05, 0) is 30.3 Å². The van der Waals surface area contributed by atoms with Crippen molar-refractivity contribution in [3.63, 3.8) is 0 Å². The highest BCUT2D eigenvalue weighted by Crippen LogP contribution is 2.30. The Hall–Kier alpha value is -1.97. The molecule has 4 aromatic rings. The fourth-order valence-electron chi connectivity index (χ4n) is 2.19. The van der Waals surface area contributed by atoms with Crippen LogP contribution >= 0.6 is 22.9 Å². The molecule has 0 fully saturated rings. The first-order valence-corrected chi connectivity index (χ1v) is 7.41. The topological polar surface area (TPSA) is 25.8 Å². The minimum Gasteiger partial charge on any atom is -0.245 e. The van der Waals surface area contributed by atoms with Gasteiger partial charge in [-0.15, -0.1) is 11.3 Å². The van der Waals surface area contributed by atoms with Crippen molar-refractivity contribution >= 4 is 44.1 Å². The maximum atomic E-state index is 6.03. The van der Waals surface area contributed by atoms with Crippen LogP contribution in [0.2, 0.25) is 5.02 Å². The van der Waals surface area contributed by atoms with Gasteiger partial charge < -0.3 is 0 Å². The van der Waals surface area contributed by atoms with Crippen LogP contribution in [-0.4, -0.2) is 9.97 Å². The van der Waals surface area contributed by atoms with Crippen molar-refractivity contribution in [3.05, 3.63) is 59.6 Å². The van der Waals surface area contributed by atoms with E-state index in [0.717, 1.165) is 27.1 Å². The van der Waals surface area contributed by atoms with Gasteiger partial charge in [-0.3, -0.25) is 0 Å². The van der Waals surface area contributed by atoms with E-state index in [1.807, 2.05) is 42.5 Å². The minimum atomic E-state index is 0.700. The van der Waals surface area contributed by atoms with E-state index >= 15 is 0 Å². The number of nitrogens with zero attached hydrogens (tertiary/aromatic N) is 2. The lowest BCUT2D eigenvalue weighted by Gasteiger charge is -2.00. The Morgan fingerprint density at radius 3 is 2.60 bits per heavy atom. The molecule has 0 N–H and O–H groups in total. The van der Waals surface area contributed by atoms with E-state index in [9.17, 15) is 0 Å². The summed E-state index contributed by atoms with van der Waals surface area (Å²) in [6.07, 6.45) is 0. The number of para-hydroxylation sites is 1. The van der Waals surface area contributed by atoms with E-state index < -0.39 is 0 Å². The molecule has 20 heavy (non-hydrogen) atoms. The number of aromatic nitrogens is 2. The first-order valence-electron chi connectivity index (χ1n) is 6.22. The highest BCUT2D eigenvalue weighted by atomic mass is 35.5. The zero-order valence-electron chi connectivity index (χ0n) is 10.4. The number of fused-ring (bicyclic) bond motifs is 2. The Morgan fingerprint density at radius 2 is 1.70 bits per heavy atom. The molecular weight excluding hydrogens is 288 g/mol. The number of benzene rings is 2. The van der Waals surface area contributed by atoms with Crippen molar-refractivity contribution in [2.45, 2.75) is 0 Å². The number of hydrogen-bond donors (Lipinski definition) is 0. The van der Waals surface area contributed by atoms with Crippen LogP contribution in [0, 0.1) is 0 Å². The van der Waals surface area contributed by atoms with Crippen LogP contribution in [0.25, 0.3) is 31.8 Å². The molecule has 4 heteroatoms. The SMILES string of the molecule is Clc1ccc2ccc(-c3nc4ccccc4s3)nc2c1. The van der Waals surface area contributed by atoms with E-state index in [1.165, 1.54) is 4.70 Å². The first kappa shape index (κ1) is 11.8. The van der Waals surface area contributed by atoms with Crippen molar-refractivity contribution in [2.75, 3.05) is 0 Å². The third-order valence-electron chi connectivity index (χ3n) is 3.17. The predicted molar refractivity (Wildman–Crippen MR) is 85.4 cm³/mol. The van der Waals surface area contributed by atoms with E-state index in [4.69, 9.17) is 11.6 Å². The van der Waals surface area contributed by atoms with Gasteiger partial charge >= 0.3 is 0 Å². The van der Waals surface area contributed by atoms with Crippen molar-refractivity contribution < 1.29 is 0 Å². The molecule has 0 spiro atoms. The highest BCUT2D eigenvalue weighted by molar-refractivity contribution is 7.21. The van der Waals surface area contributed by atoms with Gasteiger partial charge in [0, 0.05) is 10.4 Å². The number of thiazole rings is 1. The molecular formula is C16H9ClN2S. The average molecular weight is 297 g/mol. The molecule has 0 saturated carbocycles. The van der Waals surface area contributed by atoms with Crippen molar-refractivity contribution in [1.29, 1.82) is 0 Å². The van der Waals surface area contributed by atoms with E-state index in [0.29, 0.717) is 5.02 Å². The van der Waals surface area contributed by atoms with Crippen LogP contribution in [0.5, 0.6) is 0 Å². The highest BCUT2D eigenvalue weighted by Gasteiger charge is 2.08. The Bertz CT molecular complexity index is 897. The van der Waals surface area contributed by atoms with Gasteiger partial charge in [0.05, 0.1) is 21.4 Å². The summed E-state index contributed by atoms with van der Waals surface area (Å²) >= 11 is 7.68. The normalized spacial score (nSPS) is 11.2. The lowest BCUT2D eigenvalue weighted by molar-refractivity contribution is 1.36. The summed E-state index contributed by atoms with van der Waals surface area (Å²) in [7, 11) is 0. The summed E-state index contributed by atoms with van der Waals surface area (Å²) in [5.41, 5.74) is 2.80. The molecule has 4 rings (SSSR count). The van der Waals surface area contributed by atoms with E-state index in [2.05, 4.69) is 22.1 Å². The van der Waals surface area contributed by atoms with Crippen LogP contribution in [-0.2, 0) is 0 Å². The third kappa shape index (κ3) is 1.96. The molecule has 2 heterocycles. The average Bonchev–Trinajstić information content (AvgIpc) is 2.90. The summed E-state index contributed by atoms with van der Waals surface area (Å²) in [6.45, 7) is 0. The number of pyridine rings is 1. The quantitative estimate of drug-likeness (QED) is 0.484. The fraction of sp³-hybridized carbons (Fsp3) is 0. The molecule has 0 radical (unpaired) electrons. The molecule has 0 atom stereocenters. The molecule has 0 aliphatic rings. The molecule has 0 saturated heterocycles. The van der Waals surface area contributed by atoms with Gasteiger partial charge in [-0.1, -0.05) is 35.9 Å². The summed E-state index contributed by atoms with van der Waals surface area (Å²) in [5.74, 6) is 0. The van der Waals surface area contributed by atoms with Gasteiger partial charge in [0.25, 0.3) is 0 Å². The summed E-state index contributed by atoms with van der Waals surface area (Å²) in [4.78, 5) is 9.30. The number of halogens is 1. The molecule has 2 aromatic carbocycles. The molecule has 0 unspecified atom stereocenters. The van der Waals surface area contributed by atoms with E-state index in [1.54, 1.807) is 11.3 Å². The van der Waals surface area contributed by atoms with Gasteiger partial charge in [0.1, 0.15) is 5.01 Å². The Kier molecular flexibility index (Phi) is 2.69. The Balaban J connectivity index is 1.92. The smallest absolute Gasteiger partial charge is 0.143 e. The number of hydrogen-bond acceptors (Lipinski definition) is 3. The van der Waals surface area contributed by atoms with Crippen LogP contribution in [0.4, 0.5) is 0 Å². The van der Waals surface area contributed by atoms with Crippen molar-refractivity contribution in [3.8, 4) is 10.7 Å². The van der Waals surface area contributed by atoms with Crippen LogP contribution in [0.15, 0.2) is 54.6 Å². The summed E-state index contributed by atoms with van der Waals surface area (Å²) < 4.78 is 1.18. The lowest BCUT2D eigenvalue weighted by Crippen LogP contribution is -1.84. The van der Waals surface area contributed by atoms with Crippen LogP contribution < -0.4 is 0 Å². The van der Waals surface area contributed by atoms with Crippen molar-refractivity contribution in [1.82, 2.24) is 9.97 Å². The fourth-order valence-corrected chi connectivity index (χ4v) is 3.29. The largest absolute Gasteiger partial charge is 0.245 e. The zero-order valence-corrected chi connectivity index (χ0v) is 11.9. The van der Waals surface area contributed by atoms with Gasteiger partial charge in [-0.2, -0.15) is 0 Å². The Labute approximate surface area is 124 Å². The van der Waals surface area contributed by atoms with Crippen molar-refractivity contribution in [2.24, 2.45) is 0 Å². The number of rotatable bonds is 1. The monoisotopic (exact) mass is 296 g/mol. The standard InChI is InChI=1S/C16H9ClN2S/c17-11-7-5-10-6-8-13(18-14(10)9-11)16-19-12-3-1-2-4-15(12)20-16/h1-9H. The summed E-state index contributed by atoms with van der Waals surface area (Å²) in [5, 5.41) is 2.72. The summed E-state index contributed by atoms with van der Waals surface area (Å²) in [6, 6.07) is 17.9. The van der Waals surface area contributed by atoms with E-state index in [-0.39, 0.29) is 0 Å². The zero-order chi connectivity index (χ0) is 13.5. The van der Waals surface area contributed by atoms with Gasteiger partial charge in [0.2, 0.25) is 0 Å². The minimum absolute atomic E-state index is 0.700. The predicted octanol–water partition coefficient (Wildman–Crippen LogP) is 5.16. The van der Waals surface area contributed by atoms with Crippen LogP contribution in [0.3, 0.4) is 0 Å². The van der Waals surface area contributed by atoms with Crippen LogP contribution in [0.1, 0.15) is 0 Å². The molecule has 0 bridgehead atoms. The molecule has 0 aliphatic carbocycles. The first-order chi connectivity index (χ1) is 9.79.